The molecule has 1 amide bonds. The number of amides is 1. The quantitative estimate of drug-likeness (QED) is 0.771. The first-order valence-corrected chi connectivity index (χ1v) is 8.44. The van der Waals surface area contributed by atoms with Crippen LogP contribution in [0.5, 0.6) is 0 Å². The van der Waals surface area contributed by atoms with E-state index in [0.717, 1.165) is 6.42 Å². The van der Waals surface area contributed by atoms with E-state index in [4.69, 9.17) is 4.74 Å². The van der Waals surface area contributed by atoms with E-state index in [2.05, 4.69) is 5.32 Å². The lowest BCUT2D eigenvalue weighted by atomic mass is 9.66. The Balaban J connectivity index is 2.04. The number of carbonyl (C=O) groups excluding carboxylic acids is 2. The molecule has 0 atom stereocenters. The van der Waals surface area contributed by atoms with E-state index in [1.54, 1.807) is 45.0 Å². The molecule has 0 radical (unpaired) electrons. The Labute approximate surface area is 147 Å². The number of benzene rings is 1. The van der Waals surface area contributed by atoms with Gasteiger partial charge in [0.1, 0.15) is 5.60 Å². The first kappa shape index (κ1) is 19.0. The number of para-hydroxylation sites is 1. The maximum atomic E-state index is 12.3. The van der Waals surface area contributed by atoms with Crippen molar-refractivity contribution < 1.29 is 24.2 Å². The lowest BCUT2D eigenvalue weighted by Crippen LogP contribution is -2.41. The van der Waals surface area contributed by atoms with Gasteiger partial charge in [-0.05, 0) is 45.2 Å². The Hall–Kier alpha value is -2.37. The molecule has 2 N–H and O–H groups in total. The van der Waals surface area contributed by atoms with Crippen molar-refractivity contribution in [1.29, 1.82) is 0 Å². The highest BCUT2D eigenvalue weighted by Gasteiger charge is 2.45. The van der Waals surface area contributed by atoms with Gasteiger partial charge >= 0.3 is 11.9 Å². The maximum absolute atomic E-state index is 12.3. The molecular weight excluding hydrogens is 322 g/mol. The summed E-state index contributed by atoms with van der Waals surface area (Å²) in [7, 11) is 0. The molecule has 1 saturated carbocycles. The highest BCUT2D eigenvalue weighted by Crippen LogP contribution is 2.44. The predicted molar refractivity (Wildman–Crippen MR) is 93.2 cm³/mol. The monoisotopic (exact) mass is 347 g/mol. The summed E-state index contributed by atoms with van der Waals surface area (Å²) >= 11 is 0. The van der Waals surface area contributed by atoms with Crippen LogP contribution < -0.4 is 5.32 Å². The van der Waals surface area contributed by atoms with Gasteiger partial charge in [0.25, 0.3) is 0 Å². The molecule has 25 heavy (non-hydrogen) atoms. The number of nitrogens with one attached hydrogen (secondary N) is 1. The molecule has 1 aromatic carbocycles. The minimum Gasteiger partial charge on any atom is -0.481 e. The largest absolute Gasteiger partial charge is 0.481 e. The average molecular weight is 347 g/mol. The van der Waals surface area contributed by atoms with Crippen LogP contribution in [0, 0.1) is 5.41 Å². The summed E-state index contributed by atoms with van der Waals surface area (Å²) in [4.78, 5) is 35.7. The molecule has 1 aliphatic rings. The van der Waals surface area contributed by atoms with Crippen LogP contribution in [0.25, 0.3) is 0 Å². The van der Waals surface area contributed by atoms with Crippen LogP contribution in [0.4, 0.5) is 5.69 Å². The van der Waals surface area contributed by atoms with Gasteiger partial charge in [0, 0.05) is 12.1 Å². The second-order valence-corrected chi connectivity index (χ2v) is 7.58. The van der Waals surface area contributed by atoms with Crippen molar-refractivity contribution in [3.63, 3.8) is 0 Å². The molecule has 1 fully saturated rings. The highest BCUT2D eigenvalue weighted by molar-refractivity contribution is 5.95. The summed E-state index contributed by atoms with van der Waals surface area (Å²) in [6, 6.07) is 6.98. The van der Waals surface area contributed by atoms with Crippen LogP contribution in [-0.2, 0) is 25.5 Å². The Morgan fingerprint density at radius 2 is 1.84 bits per heavy atom. The number of hydrogen-bond donors (Lipinski definition) is 2. The van der Waals surface area contributed by atoms with Crippen molar-refractivity contribution in [1.82, 2.24) is 0 Å². The Morgan fingerprint density at radius 3 is 2.36 bits per heavy atom. The number of hydrogen-bond acceptors (Lipinski definition) is 4. The highest BCUT2D eigenvalue weighted by atomic mass is 16.6. The van der Waals surface area contributed by atoms with Crippen LogP contribution in [0.3, 0.4) is 0 Å². The maximum Gasteiger partial charge on any atom is 0.310 e. The van der Waals surface area contributed by atoms with Gasteiger partial charge in [0.15, 0.2) is 0 Å². The molecule has 0 aliphatic heterocycles. The summed E-state index contributed by atoms with van der Waals surface area (Å²) in [5.41, 5.74) is -0.362. The van der Waals surface area contributed by atoms with Crippen molar-refractivity contribution in [2.24, 2.45) is 5.41 Å². The lowest BCUT2D eigenvalue weighted by molar-refractivity contribution is -0.157. The fourth-order valence-corrected chi connectivity index (χ4v) is 2.90. The third-order valence-corrected chi connectivity index (χ3v) is 4.31. The zero-order chi connectivity index (χ0) is 18.7. The van der Waals surface area contributed by atoms with Crippen LogP contribution in [0.2, 0.25) is 0 Å². The third kappa shape index (κ3) is 5.05. The summed E-state index contributed by atoms with van der Waals surface area (Å²) in [6.07, 6.45) is 1.86. The number of carboxylic acids is 1. The molecule has 6 nitrogen and oxygen atoms in total. The molecular formula is C19H25NO5. The molecule has 0 bridgehead atoms. The standard InChI is InChI=1S/C19H25NO5/c1-18(2,3)25-16(22)11-13-7-4-5-8-14(13)20-15(21)12-19(17(23)24)9-6-10-19/h4-5,7-8H,6,9-12H2,1-3H3,(H,20,21)(H,23,24). The molecule has 2 rings (SSSR count). The topological polar surface area (TPSA) is 92.7 Å². The van der Waals surface area contributed by atoms with Gasteiger partial charge < -0.3 is 15.2 Å². The zero-order valence-corrected chi connectivity index (χ0v) is 14.9. The van der Waals surface area contributed by atoms with E-state index in [1.165, 1.54) is 0 Å². The number of carboxylic acid groups (broad SMARTS) is 1. The van der Waals surface area contributed by atoms with Gasteiger partial charge in [-0.15, -0.1) is 0 Å². The van der Waals surface area contributed by atoms with E-state index in [-0.39, 0.29) is 24.7 Å². The van der Waals surface area contributed by atoms with Crippen LogP contribution in [0.1, 0.15) is 52.0 Å². The first-order chi connectivity index (χ1) is 11.6. The normalized spacial score (nSPS) is 15.8. The Bertz CT molecular complexity index is 671. The fraction of sp³-hybridized carbons (Fsp3) is 0.526. The van der Waals surface area contributed by atoms with Gasteiger partial charge in [0.05, 0.1) is 11.8 Å². The molecule has 0 heterocycles. The zero-order valence-electron chi connectivity index (χ0n) is 14.9. The van der Waals surface area contributed by atoms with E-state index in [0.29, 0.717) is 24.1 Å². The first-order valence-electron chi connectivity index (χ1n) is 8.44. The predicted octanol–water partition coefficient (Wildman–Crippen LogP) is 3.15. The lowest BCUT2D eigenvalue weighted by Gasteiger charge is -2.36. The number of esters is 1. The van der Waals surface area contributed by atoms with Crippen molar-refractivity contribution in [2.45, 2.75) is 58.5 Å². The molecule has 0 aromatic heterocycles. The van der Waals surface area contributed by atoms with Crippen LogP contribution in [-0.4, -0.2) is 28.6 Å². The minimum absolute atomic E-state index is 0.0395. The summed E-state index contributed by atoms with van der Waals surface area (Å²) in [6.45, 7) is 5.38. The summed E-state index contributed by atoms with van der Waals surface area (Å²) in [5, 5.41) is 12.1. The fourth-order valence-electron chi connectivity index (χ4n) is 2.90. The smallest absolute Gasteiger partial charge is 0.310 e. The van der Waals surface area contributed by atoms with E-state index in [9.17, 15) is 19.5 Å². The Kier molecular flexibility index (Phi) is 5.50. The van der Waals surface area contributed by atoms with Gasteiger partial charge in [-0.25, -0.2) is 0 Å². The van der Waals surface area contributed by atoms with Crippen molar-refractivity contribution in [3.05, 3.63) is 29.8 Å². The number of aliphatic carboxylic acids is 1. The van der Waals surface area contributed by atoms with Crippen LogP contribution in [0.15, 0.2) is 24.3 Å². The Morgan fingerprint density at radius 1 is 1.20 bits per heavy atom. The molecule has 0 unspecified atom stereocenters. The molecule has 1 aromatic rings. The van der Waals surface area contributed by atoms with Gasteiger partial charge in [-0.2, -0.15) is 0 Å². The second kappa shape index (κ2) is 7.25. The van der Waals surface area contributed by atoms with Gasteiger partial charge in [0.2, 0.25) is 5.91 Å². The molecule has 0 spiro atoms. The van der Waals surface area contributed by atoms with E-state index in [1.807, 2.05) is 0 Å². The molecule has 6 heteroatoms. The van der Waals surface area contributed by atoms with E-state index >= 15 is 0 Å². The number of anilines is 1. The molecule has 0 saturated heterocycles. The number of ether oxygens (including phenoxy) is 1. The number of carbonyl (C=O) groups is 3. The minimum atomic E-state index is -0.940. The average Bonchev–Trinajstić information content (AvgIpc) is 2.42. The summed E-state index contributed by atoms with van der Waals surface area (Å²) < 4.78 is 5.31. The van der Waals surface area contributed by atoms with Gasteiger partial charge in [-0.1, -0.05) is 24.6 Å². The third-order valence-electron chi connectivity index (χ3n) is 4.31. The molecule has 136 valence electrons. The van der Waals surface area contributed by atoms with Gasteiger partial charge in [-0.3, -0.25) is 14.4 Å². The summed E-state index contributed by atoms with van der Waals surface area (Å²) in [5.74, 6) is -1.65. The van der Waals surface area contributed by atoms with E-state index < -0.39 is 17.0 Å². The van der Waals surface area contributed by atoms with Crippen molar-refractivity contribution in [3.8, 4) is 0 Å². The van der Waals surface area contributed by atoms with Crippen LogP contribution >= 0.6 is 0 Å². The number of rotatable bonds is 6. The SMILES string of the molecule is CC(C)(C)OC(=O)Cc1ccccc1NC(=O)CC1(C(=O)O)CCC1. The molecule has 1 aliphatic carbocycles. The second-order valence-electron chi connectivity index (χ2n) is 7.58. The van der Waals surface area contributed by atoms with Crippen molar-refractivity contribution >= 4 is 23.5 Å². The van der Waals surface area contributed by atoms with Crippen molar-refractivity contribution in [2.75, 3.05) is 5.32 Å².